The average Bonchev–Trinajstić information content (AvgIpc) is 3.19. The van der Waals surface area contributed by atoms with Crippen LogP contribution in [-0.2, 0) is 4.79 Å². The molecule has 1 aliphatic heterocycles. The van der Waals surface area contributed by atoms with E-state index >= 15 is 0 Å². The second-order valence-electron chi connectivity index (χ2n) is 8.18. The van der Waals surface area contributed by atoms with Gasteiger partial charge in [0.25, 0.3) is 5.91 Å². The number of aliphatic hydroxyl groups excluding tert-OH is 1. The molecular formula is C21H26F3N5O4. The van der Waals surface area contributed by atoms with Crippen LogP contribution in [-0.4, -0.2) is 74.3 Å². The maximum Gasteiger partial charge on any atom is 0.416 e. The number of aliphatic hydroxyl groups is 1. The van der Waals surface area contributed by atoms with Crippen molar-refractivity contribution < 1.29 is 32.6 Å². The van der Waals surface area contributed by atoms with E-state index in [2.05, 4.69) is 26.8 Å². The van der Waals surface area contributed by atoms with Gasteiger partial charge in [-0.25, -0.2) is 9.97 Å². The Balaban J connectivity index is 1.73. The molecule has 1 fully saturated rings. The third kappa shape index (κ3) is 5.62. The predicted octanol–water partition coefficient (Wildman–Crippen LogP) is 2.19. The second-order valence-corrected chi connectivity index (χ2v) is 8.18. The standard InChI is InChI=1S/C21H26F3N5O4/c1-4-15(30)29-7-5-12(6-8-29)33-14-10-26-19-17(27-14)13(9-25-19)20(32)28-16(11(2)3)18(31)21(22,23)24/h4,9-12,16,18,31H,1,5-8H2,2-3H3,(H,25,26)(H,28,32)/t16?,18-/m1/s1. The molecule has 3 heterocycles. The number of nitrogens with zero attached hydrogens (tertiary/aromatic N) is 3. The number of aromatic amines is 1. The summed E-state index contributed by atoms with van der Waals surface area (Å²) < 4.78 is 44.8. The maximum atomic E-state index is 13.0. The number of aromatic nitrogens is 3. The van der Waals surface area contributed by atoms with Gasteiger partial charge in [-0.3, -0.25) is 9.59 Å². The van der Waals surface area contributed by atoms with Crippen LogP contribution in [0.2, 0.25) is 0 Å². The number of likely N-dealkylation sites (tertiary alicyclic amines) is 1. The first-order valence-electron chi connectivity index (χ1n) is 10.5. The fourth-order valence-corrected chi connectivity index (χ4v) is 3.64. The van der Waals surface area contributed by atoms with Crippen LogP contribution in [0.3, 0.4) is 0 Å². The predicted molar refractivity (Wildman–Crippen MR) is 112 cm³/mol. The number of hydrogen-bond donors (Lipinski definition) is 3. The summed E-state index contributed by atoms with van der Waals surface area (Å²) in [6.45, 7) is 7.41. The van der Waals surface area contributed by atoms with Crippen molar-refractivity contribution >= 4 is 23.0 Å². The van der Waals surface area contributed by atoms with Gasteiger partial charge < -0.3 is 25.0 Å². The summed E-state index contributed by atoms with van der Waals surface area (Å²) in [6, 6.07) is -1.54. The molecule has 0 spiro atoms. The lowest BCUT2D eigenvalue weighted by molar-refractivity contribution is -0.214. The first-order valence-corrected chi connectivity index (χ1v) is 10.5. The van der Waals surface area contributed by atoms with Crippen molar-refractivity contribution in [2.24, 2.45) is 5.92 Å². The Kier molecular flexibility index (Phi) is 7.25. The zero-order valence-electron chi connectivity index (χ0n) is 18.2. The summed E-state index contributed by atoms with van der Waals surface area (Å²) in [5.41, 5.74) is 0.374. The number of piperidine rings is 1. The topological polar surface area (TPSA) is 120 Å². The van der Waals surface area contributed by atoms with Gasteiger partial charge in [0.05, 0.1) is 17.8 Å². The molecule has 1 aliphatic rings. The SMILES string of the molecule is C=CC(=O)N1CCC(Oc2cnc3[nH]cc(C(=O)NC(C(C)C)[C@@H](O)C(F)(F)F)c3n2)CC1. The number of ether oxygens (including phenoxy) is 1. The van der Waals surface area contributed by atoms with E-state index < -0.39 is 30.1 Å². The molecule has 9 nitrogen and oxygen atoms in total. The Bertz CT molecular complexity index is 1010. The number of carbonyl (C=O) groups is 2. The van der Waals surface area contributed by atoms with Crippen LogP contribution in [0.1, 0.15) is 37.0 Å². The zero-order chi connectivity index (χ0) is 24.3. The van der Waals surface area contributed by atoms with E-state index in [0.717, 1.165) is 0 Å². The molecule has 1 unspecified atom stereocenters. The Hall–Kier alpha value is -3.15. The van der Waals surface area contributed by atoms with E-state index in [1.165, 1.54) is 32.3 Å². The van der Waals surface area contributed by atoms with E-state index in [-0.39, 0.29) is 34.6 Å². The lowest BCUT2D eigenvalue weighted by Crippen LogP contribution is -2.52. The lowest BCUT2D eigenvalue weighted by Gasteiger charge is -2.31. The number of halogens is 3. The van der Waals surface area contributed by atoms with Crippen LogP contribution in [0.15, 0.2) is 25.0 Å². The van der Waals surface area contributed by atoms with E-state index in [4.69, 9.17) is 4.74 Å². The fourth-order valence-electron chi connectivity index (χ4n) is 3.64. The van der Waals surface area contributed by atoms with Crippen molar-refractivity contribution in [3.63, 3.8) is 0 Å². The Morgan fingerprint density at radius 3 is 2.61 bits per heavy atom. The summed E-state index contributed by atoms with van der Waals surface area (Å²) in [7, 11) is 0. The zero-order valence-corrected chi connectivity index (χ0v) is 18.2. The molecule has 0 bridgehead atoms. The minimum absolute atomic E-state index is 0.0191. The van der Waals surface area contributed by atoms with Crippen LogP contribution in [0.4, 0.5) is 13.2 Å². The van der Waals surface area contributed by atoms with Gasteiger partial charge in [0.2, 0.25) is 11.8 Å². The van der Waals surface area contributed by atoms with Gasteiger partial charge in [-0.1, -0.05) is 20.4 Å². The summed E-state index contributed by atoms with van der Waals surface area (Å²) in [5, 5.41) is 11.9. The van der Waals surface area contributed by atoms with Gasteiger partial charge in [0.15, 0.2) is 11.8 Å². The summed E-state index contributed by atoms with van der Waals surface area (Å²) >= 11 is 0. The highest BCUT2D eigenvalue weighted by Gasteiger charge is 2.45. The molecule has 2 aromatic heterocycles. The minimum atomic E-state index is -4.88. The van der Waals surface area contributed by atoms with Crippen molar-refractivity contribution in [2.45, 2.75) is 51.1 Å². The van der Waals surface area contributed by atoms with Gasteiger partial charge in [-0.15, -0.1) is 0 Å². The summed E-state index contributed by atoms with van der Waals surface area (Å²) in [5.74, 6) is -1.50. The number of carbonyl (C=O) groups excluding carboxylic acids is 2. The molecule has 0 radical (unpaired) electrons. The highest BCUT2D eigenvalue weighted by molar-refractivity contribution is 6.04. The Labute approximate surface area is 188 Å². The third-order valence-electron chi connectivity index (χ3n) is 5.51. The minimum Gasteiger partial charge on any atom is -0.473 e. The molecule has 0 aliphatic carbocycles. The summed E-state index contributed by atoms with van der Waals surface area (Å²) in [6.07, 6.45) is -2.72. The normalized spacial score (nSPS) is 17.1. The van der Waals surface area contributed by atoms with Gasteiger partial charge in [0, 0.05) is 32.1 Å². The largest absolute Gasteiger partial charge is 0.473 e. The van der Waals surface area contributed by atoms with E-state index in [1.807, 2.05) is 0 Å². The Morgan fingerprint density at radius 1 is 1.36 bits per heavy atom. The number of hydrogen-bond acceptors (Lipinski definition) is 6. The van der Waals surface area contributed by atoms with E-state index in [9.17, 15) is 27.9 Å². The molecule has 0 saturated carbocycles. The highest BCUT2D eigenvalue weighted by Crippen LogP contribution is 2.26. The molecule has 3 N–H and O–H groups in total. The molecule has 2 atom stereocenters. The van der Waals surface area contributed by atoms with Crippen LogP contribution in [0.5, 0.6) is 5.88 Å². The van der Waals surface area contributed by atoms with Crippen LogP contribution < -0.4 is 10.1 Å². The molecule has 33 heavy (non-hydrogen) atoms. The van der Waals surface area contributed by atoms with Crippen LogP contribution in [0, 0.1) is 5.92 Å². The van der Waals surface area contributed by atoms with Crippen molar-refractivity contribution in [3.8, 4) is 5.88 Å². The van der Waals surface area contributed by atoms with Crippen molar-refractivity contribution in [3.05, 3.63) is 30.6 Å². The second kappa shape index (κ2) is 9.77. The van der Waals surface area contributed by atoms with Gasteiger partial charge >= 0.3 is 6.18 Å². The van der Waals surface area contributed by atoms with Crippen molar-refractivity contribution in [2.75, 3.05) is 13.1 Å². The smallest absolute Gasteiger partial charge is 0.416 e. The number of H-pyrrole nitrogens is 1. The van der Waals surface area contributed by atoms with E-state index in [0.29, 0.717) is 25.9 Å². The van der Waals surface area contributed by atoms with Crippen LogP contribution in [0.25, 0.3) is 11.2 Å². The Morgan fingerprint density at radius 2 is 2.03 bits per heavy atom. The molecule has 12 heteroatoms. The van der Waals surface area contributed by atoms with Gasteiger partial charge in [0.1, 0.15) is 11.6 Å². The third-order valence-corrected chi connectivity index (χ3v) is 5.51. The van der Waals surface area contributed by atoms with Crippen molar-refractivity contribution in [1.29, 1.82) is 0 Å². The molecule has 1 saturated heterocycles. The van der Waals surface area contributed by atoms with Gasteiger partial charge in [-0.2, -0.15) is 13.2 Å². The van der Waals surface area contributed by atoms with Crippen LogP contribution >= 0.6 is 0 Å². The fraction of sp³-hybridized carbons (Fsp3) is 0.524. The first-order chi connectivity index (χ1) is 15.5. The van der Waals surface area contributed by atoms with E-state index in [1.54, 1.807) is 4.90 Å². The molecule has 3 rings (SSSR count). The molecule has 2 amide bonds. The molecule has 180 valence electrons. The lowest BCUT2D eigenvalue weighted by atomic mass is 9.97. The van der Waals surface area contributed by atoms with Gasteiger partial charge in [-0.05, 0) is 12.0 Å². The highest BCUT2D eigenvalue weighted by atomic mass is 19.4. The monoisotopic (exact) mass is 469 g/mol. The number of nitrogens with one attached hydrogen (secondary N) is 2. The number of amides is 2. The quantitative estimate of drug-likeness (QED) is 0.535. The number of alkyl halides is 3. The molecular weight excluding hydrogens is 443 g/mol. The first kappa shape index (κ1) is 24.5. The summed E-state index contributed by atoms with van der Waals surface area (Å²) in [4.78, 5) is 37.3. The maximum absolute atomic E-state index is 13.0. The molecule has 2 aromatic rings. The van der Waals surface area contributed by atoms with Crippen molar-refractivity contribution in [1.82, 2.24) is 25.2 Å². The molecule has 0 aromatic carbocycles. The number of rotatable bonds is 7. The average molecular weight is 469 g/mol. The number of fused-ring (bicyclic) bond motifs is 1.